The third-order valence-electron chi connectivity index (χ3n) is 5.88. The molecule has 2 saturated heterocycles. The smallest absolute Gasteiger partial charge is 0.324 e. The molecular formula is C20H22ClN5O2. The molecule has 2 amide bonds. The summed E-state index contributed by atoms with van der Waals surface area (Å²) >= 11 is 6.11. The summed E-state index contributed by atoms with van der Waals surface area (Å²) in [6.07, 6.45) is 2.47. The first-order chi connectivity index (χ1) is 13.5. The SMILES string of the molecule is CC1CCOc2cc(Cl)ccc2N1C(=O)N1CC2(C1)CN(c1cccnn1)C2. The molecule has 1 aromatic heterocycles. The number of carbonyl (C=O) groups excluding carboxylic acids is 1. The van der Waals surface area contributed by atoms with Gasteiger partial charge in [-0.1, -0.05) is 11.6 Å². The lowest BCUT2D eigenvalue weighted by Gasteiger charge is -2.60. The molecule has 1 unspecified atom stereocenters. The van der Waals surface area contributed by atoms with Gasteiger partial charge in [-0.2, -0.15) is 5.10 Å². The molecule has 2 aromatic rings. The van der Waals surface area contributed by atoms with Crippen molar-refractivity contribution in [2.75, 3.05) is 42.6 Å². The summed E-state index contributed by atoms with van der Waals surface area (Å²) in [5.41, 5.74) is 0.983. The summed E-state index contributed by atoms with van der Waals surface area (Å²) in [7, 11) is 0. The highest BCUT2D eigenvalue weighted by Gasteiger charge is 2.54. The van der Waals surface area contributed by atoms with Crippen molar-refractivity contribution in [2.24, 2.45) is 5.41 Å². The second kappa shape index (κ2) is 6.51. The van der Waals surface area contributed by atoms with Crippen LogP contribution in [0.3, 0.4) is 0 Å². The zero-order valence-corrected chi connectivity index (χ0v) is 16.5. The van der Waals surface area contributed by atoms with Crippen LogP contribution < -0.4 is 14.5 Å². The van der Waals surface area contributed by atoms with E-state index in [-0.39, 0.29) is 17.5 Å². The Morgan fingerprint density at radius 2 is 2.07 bits per heavy atom. The van der Waals surface area contributed by atoms with E-state index in [2.05, 4.69) is 22.0 Å². The van der Waals surface area contributed by atoms with Crippen LogP contribution in [0.1, 0.15) is 13.3 Å². The number of ether oxygens (including phenoxy) is 1. The molecule has 3 aliphatic rings. The van der Waals surface area contributed by atoms with Crippen LogP contribution in [0.25, 0.3) is 0 Å². The fourth-order valence-electron chi connectivity index (χ4n) is 4.44. The van der Waals surface area contributed by atoms with Gasteiger partial charge in [-0.15, -0.1) is 5.10 Å². The number of rotatable bonds is 1. The molecule has 2 fully saturated rings. The fourth-order valence-corrected chi connectivity index (χ4v) is 4.60. The number of aromatic nitrogens is 2. The van der Waals surface area contributed by atoms with Crippen molar-refractivity contribution in [3.05, 3.63) is 41.6 Å². The summed E-state index contributed by atoms with van der Waals surface area (Å²) < 4.78 is 5.83. The fraction of sp³-hybridized carbons (Fsp3) is 0.450. The van der Waals surface area contributed by atoms with Crippen molar-refractivity contribution in [3.63, 3.8) is 0 Å². The molecule has 0 radical (unpaired) electrons. The van der Waals surface area contributed by atoms with Crippen LogP contribution in [0.4, 0.5) is 16.3 Å². The Bertz CT molecular complexity index is 895. The molecule has 4 heterocycles. The molecule has 1 atom stereocenters. The van der Waals surface area contributed by atoms with E-state index in [1.807, 2.05) is 34.1 Å². The Morgan fingerprint density at radius 3 is 2.82 bits per heavy atom. The van der Waals surface area contributed by atoms with Crippen molar-refractivity contribution < 1.29 is 9.53 Å². The maximum atomic E-state index is 13.3. The number of benzene rings is 1. The number of likely N-dealkylation sites (tertiary alicyclic amines) is 1. The standard InChI is InChI=1S/C20H22ClN5O2/c1-14-6-8-28-17-9-15(21)4-5-16(17)26(14)19(27)25-12-20(13-25)10-24(11-20)18-3-2-7-22-23-18/h2-5,7,9,14H,6,8,10-13H2,1H3. The molecule has 146 valence electrons. The molecule has 0 aliphatic carbocycles. The summed E-state index contributed by atoms with van der Waals surface area (Å²) in [6.45, 7) is 6.03. The number of nitrogens with zero attached hydrogens (tertiary/aromatic N) is 5. The van der Waals surface area contributed by atoms with Crippen LogP contribution in [0.15, 0.2) is 36.5 Å². The molecule has 3 aliphatic heterocycles. The molecule has 1 aromatic carbocycles. The molecular weight excluding hydrogens is 378 g/mol. The lowest BCUT2D eigenvalue weighted by molar-refractivity contribution is 0.00909. The average molecular weight is 400 g/mol. The van der Waals surface area contributed by atoms with Crippen molar-refractivity contribution in [1.82, 2.24) is 15.1 Å². The normalized spacial score (nSPS) is 22.6. The van der Waals surface area contributed by atoms with Gasteiger partial charge in [0, 0.05) is 61.3 Å². The largest absolute Gasteiger partial charge is 0.491 e. The van der Waals surface area contributed by atoms with E-state index in [0.717, 1.165) is 44.1 Å². The van der Waals surface area contributed by atoms with E-state index >= 15 is 0 Å². The van der Waals surface area contributed by atoms with Crippen LogP contribution in [-0.4, -0.2) is 60.0 Å². The highest BCUT2D eigenvalue weighted by molar-refractivity contribution is 6.30. The van der Waals surface area contributed by atoms with Crippen LogP contribution in [0, 0.1) is 5.41 Å². The summed E-state index contributed by atoms with van der Waals surface area (Å²) in [5, 5.41) is 8.72. The molecule has 7 nitrogen and oxygen atoms in total. The zero-order chi connectivity index (χ0) is 19.3. The Hall–Kier alpha value is -2.54. The predicted octanol–water partition coefficient (Wildman–Crippen LogP) is 3.05. The van der Waals surface area contributed by atoms with Crippen molar-refractivity contribution in [1.29, 1.82) is 0 Å². The average Bonchev–Trinajstić information content (AvgIpc) is 2.78. The predicted molar refractivity (Wildman–Crippen MR) is 107 cm³/mol. The van der Waals surface area contributed by atoms with Gasteiger partial charge in [0.25, 0.3) is 0 Å². The van der Waals surface area contributed by atoms with Gasteiger partial charge in [0.2, 0.25) is 0 Å². The highest BCUT2D eigenvalue weighted by Crippen LogP contribution is 2.43. The van der Waals surface area contributed by atoms with Gasteiger partial charge in [0.1, 0.15) is 5.75 Å². The molecule has 1 spiro atoms. The number of hydrogen-bond donors (Lipinski definition) is 0. The molecule has 28 heavy (non-hydrogen) atoms. The minimum absolute atomic E-state index is 0.0464. The van der Waals surface area contributed by atoms with Crippen molar-refractivity contribution in [3.8, 4) is 5.75 Å². The lowest BCUT2D eigenvalue weighted by Crippen LogP contribution is -2.74. The minimum Gasteiger partial charge on any atom is -0.491 e. The number of hydrogen-bond acceptors (Lipinski definition) is 5. The second-order valence-corrected chi connectivity index (χ2v) is 8.48. The van der Waals surface area contributed by atoms with E-state index in [0.29, 0.717) is 17.4 Å². The van der Waals surface area contributed by atoms with Gasteiger partial charge in [-0.3, -0.25) is 4.90 Å². The summed E-state index contributed by atoms with van der Waals surface area (Å²) in [5.74, 6) is 1.58. The first kappa shape index (κ1) is 17.6. The Balaban J connectivity index is 1.28. The van der Waals surface area contributed by atoms with Crippen molar-refractivity contribution >= 4 is 29.1 Å². The molecule has 0 saturated carbocycles. The topological polar surface area (TPSA) is 61.8 Å². The summed E-state index contributed by atoms with van der Waals surface area (Å²) in [6, 6.07) is 9.47. The zero-order valence-electron chi connectivity index (χ0n) is 15.7. The molecule has 0 N–H and O–H groups in total. The van der Waals surface area contributed by atoms with E-state index < -0.39 is 0 Å². The van der Waals surface area contributed by atoms with E-state index in [4.69, 9.17) is 16.3 Å². The number of anilines is 2. The first-order valence-electron chi connectivity index (χ1n) is 9.58. The number of amides is 2. The van der Waals surface area contributed by atoms with Crippen LogP contribution >= 0.6 is 11.6 Å². The first-order valence-corrected chi connectivity index (χ1v) is 9.96. The quantitative estimate of drug-likeness (QED) is 0.737. The lowest BCUT2D eigenvalue weighted by atomic mass is 9.73. The van der Waals surface area contributed by atoms with Gasteiger partial charge < -0.3 is 14.5 Å². The summed E-state index contributed by atoms with van der Waals surface area (Å²) in [4.78, 5) is 19.3. The molecule has 0 bridgehead atoms. The Morgan fingerprint density at radius 1 is 1.25 bits per heavy atom. The maximum Gasteiger partial charge on any atom is 0.324 e. The van der Waals surface area contributed by atoms with Crippen LogP contribution in [0.5, 0.6) is 5.75 Å². The monoisotopic (exact) mass is 399 g/mol. The third-order valence-corrected chi connectivity index (χ3v) is 6.11. The van der Waals surface area contributed by atoms with Gasteiger partial charge in [0.15, 0.2) is 5.82 Å². The van der Waals surface area contributed by atoms with Gasteiger partial charge in [-0.05, 0) is 31.2 Å². The number of carbonyl (C=O) groups is 1. The third kappa shape index (κ3) is 2.85. The highest BCUT2D eigenvalue weighted by atomic mass is 35.5. The van der Waals surface area contributed by atoms with Crippen LogP contribution in [0.2, 0.25) is 5.02 Å². The van der Waals surface area contributed by atoms with Gasteiger partial charge >= 0.3 is 6.03 Å². The van der Waals surface area contributed by atoms with Crippen molar-refractivity contribution in [2.45, 2.75) is 19.4 Å². The van der Waals surface area contributed by atoms with E-state index in [1.165, 1.54) is 0 Å². The number of halogens is 1. The van der Waals surface area contributed by atoms with E-state index in [1.54, 1.807) is 12.3 Å². The van der Waals surface area contributed by atoms with Gasteiger partial charge in [0.05, 0.1) is 12.3 Å². The Labute approximate surface area is 168 Å². The Kier molecular flexibility index (Phi) is 4.08. The minimum atomic E-state index is 0.0464. The van der Waals surface area contributed by atoms with E-state index in [9.17, 15) is 4.79 Å². The molecule has 5 rings (SSSR count). The second-order valence-electron chi connectivity index (χ2n) is 8.04. The maximum absolute atomic E-state index is 13.3. The number of urea groups is 1. The van der Waals surface area contributed by atoms with Gasteiger partial charge in [-0.25, -0.2) is 4.79 Å². The molecule has 8 heteroatoms. The number of fused-ring (bicyclic) bond motifs is 1. The van der Waals surface area contributed by atoms with Crippen LogP contribution in [-0.2, 0) is 0 Å².